The maximum absolute atomic E-state index is 13.3. The number of rotatable bonds is 4. The first-order valence-corrected chi connectivity index (χ1v) is 8.82. The maximum atomic E-state index is 13.3. The molecule has 7 nitrogen and oxygen atoms in total. The van der Waals surface area contributed by atoms with Crippen LogP contribution < -0.4 is 9.64 Å². The third-order valence-electron chi connectivity index (χ3n) is 5.01. The molecule has 0 radical (unpaired) electrons. The van der Waals surface area contributed by atoms with E-state index in [4.69, 9.17) is 9.47 Å². The Balaban J connectivity index is 1.76. The van der Waals surface area contributed by atoms with E-state index in [0.717, 1.165) is 4.90 Å². The molecule has 4 rings (SSSR count). The molecule has 0 aromatic heterocycles. The summed E-state index contributed by atoms with van der Waals surface area (Å²) in [6, 6.07) is 15.5. The van der Waals surface area contributed by atoms with Crippen molar-refractivity contribution in [1.82, 2.24) is 0 Å². The van der Waals surface area contributed by atoms with Gasteiger partial charge >= 0.3 is 5.97 Å². The third kappa shape index (κ3) is 2.67. The van der Waals surface area contributed by atoms with Crippen LogP contribution in [0.5, 0.6) is 5.75 Å². The van der Waals surface area contributed by atoms with Gasteiger partial charge in [-0.15, -0.1) is 0 Å². The Kier molecular flexibility index (Phi) is 4.22. The molecule has 28 heavy (non-hydrogen) atoms. The highest BCUT2D eigenvalue weighted by molar-refractivity contribution is 6.37. The normalized spacial score (nSPS) is 24.4. The molecular formula is C21H18N2O5. The maximum Gasteiger partial charge on any atom is 0.354 e. The van der Waals surface area contributed by atoms with Crippen molar-refractivity contribution in [3.8, 4) is 5.75 Å². The van der Waals surface area contributed by atoms with Crippen molar-refractivity contribution in [2.75, 3.05) is 12.0 Å². The Hall–Kier alpha value is -3.48. The van der Waals surface area contributed by atoms with Gasteiger partial charge in [0, 0.05) is 12.0 Å². The predicted molar refractivity (Wildman–Crippen MR) is 101 cm³/mol. The first kappa shape index (κ1) is 17.9. The second-order valence-electron chi connectivity index (χ2n) is 6.67. The number of benzene rings is 2. The van der Waals surface area contributed by atoms with Crippen LogP contribution in [-0.2, 0) is 24.8 Å². The Morgan fingerprint density at radius 2 is 1.75 bits per heavy atom. The van der Waals surface area contributed by atoms with E-state index in [1.807, 2.05) is 6.07 Å². The highest BCUT2D eigenvalue weighted by atomic mass is 16.6. The zero-order valence-corrected chi connectivity index (χ0v) is 15.4. The van der Waals surface area contributed by atoms with Crippen LogP contribution in [0.3, 0.4) is 0 Å². The number of methoxy groups -OCH3 is 1. The topological polar surface area (TPSA) is 85.3 Å². The van der Waals surface area contributed by atoms with Gasteiger partial charge in [-0.25, -0.2) is 9.79 Å². The van der Waals surface area contributed by atoms with Gasteiger partial charge in [0.2, 0.25) is 17.5 Å². The van der Waals surface area contributed by atoms with Gasteiger partial charge in [0.05, 0.1) is 12.8 Å². The molecule has 2 heterocycles. The van der Waals surface area contributed by atoms with Crippen molar-refractivity contribution in [3.63, 3.8) is 0 Å². The lowest BCUT2D eigenvalue weighted by atomic mass is 9.87. The highest BCUT2D eigenvalue weighted by Crippen LogP contribution is 2.45. The first-order valence-electron chi connectivity index (χ1n) is 8.82. The zero-order chi connectivity index (χ0) is 19.9. The quantitative estimate of drug-likeness (QED) is 0.603. The summed E-state index contributed by atoms with van der Waals surface area (Å²) in [6.07, 6.45) is -0.107. The molecule has 1 saturated heterocycles. The van der Waals surface area contributed by atoms with Gasteiger partial charge in [0.15, 0.2) is 0 Å². The number of ether oxygens (including phenoxy) is 2. The van der Waals surface area contributed by atoms with Crippen molar-refractivity contribution in [1.29, 1.82) is 0 Å². The summed E-state index contributed by atoms with van der Waals surface area (Å²) in [7, 11) is 1.54. The van der Waals surface area contributed by atoms with E-state index in [-0.39, 0.29) is 18.0 Å². The van der Waals surface area contributed by atoms with Crippen molar-refractivity contribution in [2.45, 2.75) is 19.1 Å². The smallest absolute Gasteiger partial charge is 0.354 e. The number of amides is 2. The Labute approximate surface area is 161 Å². The number of cyclic esters (lactones) is 1. The average molecular weight is 378 g/mol. The molecular weight excluding hydrogens is 360 g/mol. The number of esters is 1. The number of nitrogens with zero attached hydrogens (tertiary/aromatic N) is 2. The van der Waals surface area contributed by atoms with E-state index >= 15 is 0 Å². The lowest BCUT2D eigenvalue weighted by molar-refractivity contribution is -0.156. The molecule has 0 aliphatic carbocycles. The van der Waals surface area contributed by atoms with Gasteiger partial charge in [0.1, 0.15) is 17.4 Å². The predicted octanol–water partition coefficient (Wildman–Crippen LogP) is 2.45. The van der Waals surface area contributed by atoms with Crippen molar-refractivity contribution in [2.24, 2.45) is 10.9 Å². The molecule has 0 spiro atoms. The summed E-state index contributed by atoms with van der Waals surface area (Å²) < 4.78 is 10.7. The second kappa shape index (κ2) is 6.60. The lowest BCUT2D eigenvalue weighted by Gasteiger charge is -2.30. The van der Waals surface area contributed by atoms with E-state index in [0.29, 0.717) is 17.0 Å². The molecule has 1 fully saturated rings. The summed E-state index contributed by atoms with van der Waals surface area (Å²) in [5.41, 5.74) is -0.363. The van der Waals surface area contributed by atoms with Gasteiger partial charge < -0.3 is 9.47 Å². The van der Waals surface area contributed by atoms with Crippen molar-refractivity contribution in [3.05, 3.63) is 60.2 Å². The van der Waals surface area contributed by atoms with Gasteiger partial charge in [-0.3, -0.25) is 14.5 Å². The summed E-state index contributed by atoms with van der Waals surface area (Å²) in [5.74, 6) is -1.74. The molecule has 2 aliphatic heterocycles. The molecule has 142 valence electrons. The zero-order valence-electron chi connectivity index (χ0n) is 15.4. The highest BCUT2D eigenvalue weighted by Gasteiger charge is 2.57. The number of imide groups is 1. The molecule has 0 saturated carbocycles. The van der Waals surface area contributed by atoms with Crippen LogP contribution in [0.4, 0.5) is 5.69 Å². The lowest BCUT2D eigenvalue weighted by Crippen LogP contribution is -2.40. The minimum absolute atomic E-state index is 0.107. The fraction of sp³-hybridized carbons (Fsp3) is 0.238. The van der Waals surface area contributed by atoms with E-state index in [1.54, 1.807) is 48.5 Å². The number of anilines is 1. The van der Waals surface area contributed by atoms with E-state index < -0.39 is 23.5 Å². The standard InChI is InChI=1S/C21H18N2O5/c1-13-20(26)28-21(22-13,14-6-4-3-5-7-14)17-12-18(24)23(19(17)25)15-8-10-16(27-2)11-9-15/h3-11,17H,12H2,1-2H3/t17-,21-/m0/s1. The molecule has 2 aromatic rings. The fourth-order valence-corrected chi connectivity index (χ4v) is 3.62. The van der Waals surface area contributed by atoms with Gasteiger partial charge in [-0.05, 0) is 31.2 Å². The molecule has 0 bridgehead atoms. The van der Waals surface area contributed by atoms with Crippen molar-refractivity contribution < 1.29 is 23.9 Å². The van der Waals surface area contributed by atoms with Crippen LogP contribution in [0.15, 0.2) is 59.6 Å². The average Bonchev–Trinajstić information content (AvgIpc) is 3.19. The van der Waals surface area contributed by atoms with Crippen LogP contribution in [0.25, 0.3) is 0 Å². The molecule has 2 atom stereocenters. The fourth-order valence-electron chi connectivity index (χ4n) is 3.62. The molecule has 0 N–H and O–H groups in total. The SMILES string of the molecule is COc1ccc(N2C(=O)C[C@H]([C@@]3(c4ccccc4)N=C(C)C(=O)O3)C2=O)cc1. The van der Waals surface area contributed by atoms with Gasteiger partial charge in [0.25, 0.3) is 0 Å². The number of hydrogen-bond acceptors (Lipinski definition) is 6. The van der Waals surface area contributed by atoms with E-state index in [1.165, 1.54) is 14.0 Å². The largest absolute Gasteiger partial charge is 0.497 e. The minimum Gasteiger partial charge on any atom is -0.497 e. The third-order valence-corrected chi connectivity index (χ3v) is 5.01. The van der Waals surface area contributed by atoms with Crippen molar-refractivity contribution >= 4 is 29.2 Å². The van der Waals surface area contributed by atoms with E-state index in [2.05, 4.69) is 4.99 Å². The number of carbonyl (C=O) groups excluding carboxylic acids is 3. The Bertz CT molecular complexity index is 984. The minimum atomic E-state index is -1.53. The molecule has 2 amide bonds. The summed E-state index contributed by atoms with van der Waals surface area (Å²) in [5, 5.41) is 0. The van der Waals surface area contributed by atoms with Crippen LogP contribution in [-0.4, -0.2) is 30.6 Å². The summed E-state index contributed by atoms with van der Waals surface area (Å²) in [6.45, 7) is 1.54. The van der Waals surface area contributed by atoms with Gasteiger partial charge in [-0.2, -0.15) is 0 Å². The molecule has 0 unspecified atom stereocenters. The van der Waals surface area contributed by atoms with Crippen LogP contribution in [0.1, 0.15) is 18.9 Å². The molecule has 2 aromatic carbocycles. The van der Waals surface area contributed by atoms with Gasteiger partial charge in [-0.1, -0.05) is 30.3 Å². The van der Waals surface area contributed by atoms with E-state index in [9.17, 15) is 14.4 Å². The molecule has 2 aliphatic rings. The second-order valence-corrected chi connectivity index (χ2v) is 6.67. The number of hydrogen-bond donors (Lipinski definition) is 0. The van der Waals surface area contributed by atoms with Crippen LogP contribution >= 0.6 is 0 Å². The monoisotopic (exact) mass is 378 g/mol. The van der Waals surface area contributed by atoms with Crippen LogP contribution in [0, 0.1) is 5.92 Å². The summed E-state index contributed by atoms with van der Waals surface area (Å²) in [4.78, 5) is 43.7. The summed E-state index contributed by atoms with van der Waals surface area (Å²) >= 11 is 0. The van der Waals surface area contributed by atoms with Crippen LogP contribution in [0.2, 0.25) is 0 Å². The Morgan fingerprint density at radius 1 is 1.07 bits per heavy atom. The first-order chi connectivity index (χ1) is 13.5. The molecule has 7 heteroatoms. The number of aliphatic imine (C=N–C) groups is 1. The number of carbonyl (C=O) groups is 3. The Morgan fingerprint density at radius 3 is 2.32 bits per heavy atom.